The fourth-order valence-corrected chi connectivity index (χ4v) is 3.68. The van der Waals surface area contributed by atoms with E-state index in [0.717, 1.165) is 12.8 Å². The van der Waals surface area contributed by atoms with Crippen molar-refractivity contribution in [2.75, 3.05) is 0 Å². The van der Waals surface area contributed by atoms with Crippen LogP contribution in [0.15, 0.2) is 54.6 Å². The van der Waals surface area contributed by atoms with Crippen molar-refractivity contribution in [3.05, 3.63) is 65.7 Å². The van der Waals surface area contributed by atoms with Gasteiger partial charge in [0.15, 0.2) is 0 Å². The third-order valence-electron chi connectivity index (χ3n) is 4.56. The van der Waals surface area contributed by atoms with Gasteiger partial charge in [0.2, 0.25) is 0 Å². The molecule has 104 valence electrons. The maximum absolute atomic E-state index is 2.43. The molecule has 0 aliphatic heterocycles. The first-order chi connectivity index (χ1) is 10.3. The Balaban J connectivity index is 2.37. The Kier molecular flexibility index (Phi) is 2.75. The number of nitrogens with zero attached hydrogens (tertiary/aromatic N) is 1. The van der Waals surface area contributed by atoms with Gasteiger partial charge in [0.25, 0.3) is 0 Å². The van der Waals surface area contributed by atoms with Crippen LogP contribution in [0, 0.1) is 0 Å². The molecule has 0 radical (unpaired) electrons. The Morgan fingerprint density at radius 3 is 2.14 bits per heavy atom. The van der Waals surface area contributed by atoms with Crippen LogP contribution in [0.25, 0.3) is 27.3 Å². The van der Waals surface area contributed by atoms with Crippen molar-refractivity contribution in [2.24, 2.45) is 0 Å². The standard InChI is InChI=1S/C20H19N/c1-3-15-16(4-2)20-13-14-9-5-7-11-18(14)21(20)19-12-8-6-10-17(15)19/h5-13H,3-4H2,1-2H3. The summed E-state index contributed by atoms with van der Waals surface area (Å²) in [5.41, 5.74) is 6.99. The third kappa shape index (κ3) is 1.64. The molecule has 0 saturated heterocycles. The normalized spacial score (nSPS) is 11.7. The molecule has 0 amide bonds. The van der Waals surface area contributed by atoms with Gasteiger partial charge in [-0.3, -0.25) is 0 Å². The van der Waals surface area contributed by atoms with Gasteiger partial charge in [-0.2, -0.15) is 0 Å². The maximum atomic E-state index is 2.43. The minimum absolute atomic E-state index is 1.08. The third-order valence-corrected chi connectivity index (χ3v) is 4.56. The van der Waals surface area contributed by atoms with Crippen LogP contribution in [-0.2, 0) is 12.8 Å². The maximum Gasteiger partial charge on any atom is 0.0537 e. The average Bonchev–Trinajstić information content (AvgIpc) is 2.92. The second-order valence-corrected chi connectivity index (χ2v) is 5.61. The van der Waals surface area contributed by atoms with E-state index < -0.39 is 0 Å². The molecule has 0 saturated carbocycles. The molecule has 0 atom stereocenters. The minimum atomic E-state index is 1.08. The van der Waals surface area contributed by atoms with Gasteiger partial charge in [0, 0.05) is 10.8 Å². The molecule has 0 spiro atoms. The summed E-state index contributed by atoms with van der Waals surface area (Å²) in [5.74, 6) is 0. The molecule has 0 unspecified atom stereocenters. The Morgan fingerprint density at radius 2 is 1.38 bits per heavy atom. The summed E-state index contributed by atoms with van der Waals surface area (Å²) in [7, 11) is 0. The number of pyridine rings is 1. The molecule has 0 fully saturated rings. The second kappa shape index (κ2) is 4.63. The Morgan fingerprint density at radius 1 is 0.714 bits per heavy atom. The Hall–Kier alpha value is -2.28. The zero-order valence-electron chi connectivity index (χ0n) is 12.6. The number of benzene rings is 2. The molecule has 4 rings (SSSR count). The summed E-state index contributed by atoms with van der Waals surface area (Å²) < 4.78 is 2.43. The van der Waals surface area contributed by atoms with Gasteiger partial charge in [0.1, 0.15) is 0 Å². The molecule has 2 heterocycles. The van der Waals surface area contributed by atoms with Crippen molar-refractivity contribution in [1.82, 2.24) is 4.40 Å². The molecule has 0 aliphatic carbocycles. The molecular formula is C20H19N. The van der Waals surface area contributed by atoms with E-state index in [0.29, 0.717) is 0 Å². The van der Waals surface area contributed by atoms with Crippen LogP contribution in [0.4, 0.5) is 0 Å². The van der Waals surface area contributed by atoms with Gasteiger partial charge in [-0.15, -0.1) is 0 Å². The summed E-state index contributed by atoms with van der Waals surface area (Å²) >= 11 is 0. The van der Waals surface area contributed by atoms with Crippen molar-refractivity contribution in [1.29, 1.82) is 0 Å². The molecule has 1 nitrogen and oxygen atoms in total. The van der Waals surface area contributed by atoms with Gasteiger partial charge in [-0.25, -0.2) is 0 Å². The number of para-hydroxylation sites is 2. The summed E-state index contributed by atoms with van der Waals surface area (Å²) in [6.07, 6.45) is 2.16. The number of rotatable bonds is 2. The first-order valence-electron chi connectivity index (χ1n) is 7.77. The lowest BCUT2D eigenvalue weighted by molar-refractivity contribution is 1.05. The Labute approximate surface area is 124 Å². The summed E-state index contributed by atoms with van der Waals surface area (Å²) in [6.45, 7) is 4.53. The van der Waals surface area contributed by atoms with Gasteiger partial charge < -0.3 is 4.40 Å². The Bertz CT molecular complexity index is 960. The van der Waals surface area contributed by atoms with E-state index in [4.69, 9.17) is 0 Å². The zero-order chi connectivity index (χ0) is 14.4. The highest BCUT2D eigenvalue weighted by Gasteiger charge is 2.14. The van der Waals surface area contributed by atoms with Crippen LogP contribution in [0.5, 0.6) is 0 Å². The van der Waals surface area contributed by atoms with Crippen LogP contribution < -0.4 is 0 Å². The molecule has 2 aromatic carbocycles. The van der Waals surface area contributed by atoms with Crippen molar-refractivity contribution < 1.29 is 0 Å². The topological polar surface area (TPSA) is 4.41 Å². The first-order valence-corrected chi connectivity index (χ1v) is 7.77. The average molecular weight is 273 g/mol. The van der Waals surface area contributed by atoms with E-state index in [9.17, 15) is 0 Å². The van der Waals surface area contributed by atoms with Crippen LogP contribution >= 0.6 is 0 Å². The van der Waals surface area contributed by atoms with Crippen molar-refractivity contribution >= 4 is 27.3 Å². The van der Waals surface area contributed by atoms with Gasteiger partial charge in [-0.05, 0) is 42.2 Å². The molecule has 1 heteroatoms. The number of aromatic nitrogens is 1. The van der Waals surface area contributed by atoms with E-state index in [1.807, 2.05) is 0 Å². The second-order valence-electron chi connectivity index (χ2n) is 5.61. The highest BCUT2D eigenvalue weighted by molar-refractivity contribution is 5.97. The van der Waals surface area contributed by atoms with Gasteiger partial charge in [-0.1, -0.05) is 50.2 Å². The largest absolute Gasteiger partial charge is 0.309 e. The molecular weight excluding hydrogens is 254 g/mol. The zero-order valence-corrected chi connectivity index (χ0v) is 12.6. The summed E-state index contributed by atoms with van der Waals surface area (Å²) in [6, 6.07) is 19.8. The predicted molar refractivity (Wildman–Crippen MR) is 91.2 cm³/mol. The van der Waals surface area contributed by atoms with Crippen LogP contribution in [-0.4, -0.2) is 4.40 Å². The van der Waals surface area contributed by atoms with E-state index in [1.165, 1.54) is 38.4 Å². The predicted octanol–water partition coefficient (Wildman–Crippen LogP) is 5.37. The van der Waals surface area contributed by atoms with Crippen molar-refractivity contribution in [3.8, 4) is 0 Å². The molecule has 0 aliphatic rings. The molecule has 2 aromatic heterocycles. The van der Waals surface area contributed by atoms with E-state index >= 15 is 0 Å². The summed E-state index contributed by atoms with van der Waals surface area (Å²) in [4.78, 5) is 0. The van der Waals surface area contributed by atoms with Crippen LogP contribution in [0.3, 0.4) is 0 Å². The van der Waals surface area contributed by atoms with Crippen molar-refractivity contribution in [2.45, 2.75) is 26.7 Å². The molecule has 21 heavy (non-hydrogen) atoms. The number of fused-ring (bicyclic) bond motifs is 5. The van der Waals surface area contributed by atoms with Gasteiger partial charge in [0.05, 0.1) is 16.6 Å². The molecule has 0 bridgehead atoms. The highest BCUT2D eigenvalue weighted by atomic mass is 14.9. The summed E-state index contributed by atoms with van der Waals surface area (Å²) in [5, 5.41) is 2.72. The quantitative estimate of drug-likeness (QED) is 0.462. The lowest BCUT2D eigenvalue weighted by Gasteiger charge is -2.15. The fourth-order valence-electron chi connectivity index (χ4n) is 3.68. The van der Waals surface area contributed by atoms with Crippen molar-refractivity contribution in [3.63, 3.8) is 0 Å². The molecule has 4 aromatic rings. The lowest BCUT2D eigenvalue weighted by Crippen LogP contribution is -1.99. The highest BCUT2D eigenvalue weighted by Crippen LogP contribution is 2.32. The van der Waals surface area contributed by atoms with E-state index in [1.54, 1.807) is 0 Å². The number of hydrogen-bond acceptors (Lipinski definition) is 0. The minimum Gasteiger partial charge on any atom is -0.309 e. The fraction of sp³-hybridized carbons (Fsp3) is 0.200. The lowest BCUT2D eigenvalue weighted by atomic mass is 9.98. The monoisotopic (exact) mass is 273 g/mol. The molecule has 0 N–H and O–H groups in total. The van der Waals surface area contributed by atoms with E-state index in [-0.39, 0.29) is 0 Å². The first kappa shape index (κ1) is 12.5. The van der Waals surface area contributed by atoms with E-state index in [2.05, 4.69) is 72.8 Å². The van der Waals surface area contributed by atoms with Crippen LogP contribution in [0.2, 0.25) is 0 Å². The number of hydrogen-bond donors (Lipinski definition) is 0. The SMILES string of the molecule is CCc1c(CC)c2cc3ccccc3n2c2ccccc12. The number of aryl methyl sites for hydroxylation is 2. The van der Waals surface area contributed by atoms with Gasteiger partial charge >= 0.3 is 0 Å². The van der Waals surface area contributed by atoms with Crippen LogP contribution in [0.1, 0.15) is 25.0 Å². The smallest absolute Gasteiger partial charge is 0.0537 e.